The number of benzene rings is 1. The molecule has 2 saturated heterocycles. The lowest BCUT2D eigenvalue weighted by molar-refractivity contribution is -0.154. The normalized spacial score (nSPS) is 34.9. The molecule has 172 valence electrons. The lowest BCUT2D eigenvalue weighted by Gasteiger charge is -2.49. The SMILES string of the molecule is C[C@@H]1CN(C(=O)[C@@H]2CN(C(C)(C)C)C[C@H]2c2ccc(F)cc2F)C[C@H](C)C1(O)C1CC1. The molecular weight excluding hydrogens is 398 g/mol. The van der Waals surface area contributed by atoms with E-state index in [0.29, 0.717) is 37.7 Å². The molecule has 0 radical (unpaired) electrons. The first kappa shape index (κ1) is 22.7. The molecular formula is C25H36F2N2O2. The fourth-order valence-corrected chi connectivity index (χ4v) is 6.00. The number of rotatable bonds is 3. The Morgan fingerprint density at radius 3 is 2.19 bits per heavy atom. The Kier molecular flexibility index (Phi) is 5.70. The average molecular weight is 435 g/mol. The van der Waals surface area contributed by atoms with Gasteiger partial charge in [0, 0.05) is 55.5 Å². The number of hydrogen-bond donors (Lipinski definition) is 1. The minimum atomic E-state index is -0.702. The van der Waals surface area contributed by atoms with Crippen LogP contribution in [0.5, 0.6) is 0 Å². The summed E-state index contributed by atoms with van der Waals surface area (Å²) in [6.07, 6.45) is 2.13. The first-order valence-electron chi connectivity index (χ1n) is 11.6. The van der Waals surface area contributed by atoms with E-state index in [1.165, 1.54) is 12.1 Å². The number of carbonyl (C=O) groups is 1. The van der Waals surface area contributed by atoms with Crippen LogP contribution in [0.1, 0.15) is 58.9 Å². The van der Waals surface area contributed by atoms with Gasteiger partial charge in [-0.2, -0.15) is 0 Å². The van der Waals surface area contributed by atoms with Crippen LogP contribution in [0.25, 0.3) is 0 Å². The maximum Gasteiger partial charge on any atom is 0.227 e. The molecule has 6 heteroatoms. The molecule has 1 saturated carbocycles. The second-order valence-electron chi connectivity index (χ2n) is 11.2. The van der Waals surface area contributed by atoms with Crippen LogP contribution in [0, 0.1) is 35.3 Å². The van der Waals surface area contributed by atoms with Gasteiger partial charge in [-0.1, -0.05) is 19.9 Å². The number of aliphatic hydroxyl groups is 1. The topological polar surface area (TPSA) is 43.8 Å². The van der Waals surface area contributed by atoms with E-state index in [2.05, 4.69) is 25.7 Å². The summed E-state index contributed by atoms with van der Waals surface area (Å²) in [4.78, 5) is 17.9. The quantitative estimate of drug-likeness (QED) is 0.781. The third-order valence-corrected chi connectivity index (χ3v) is 8.06. The van der Waals surface area contributed by atoms with Gasteiger partial charge in [0.25, 0.3) is 0 Å². The van der Waals surface area contributed by atoms with E-state index in [4.69, 9.17) is 0 Å². The van der Waals surface area contributed by atoms with Gasteiger partial charge in [-0.05, 0) is 51.2 Å². The predicted molar refractivity (Wildman–Crippen MR) is 116 cm³/mol. The standard InChI is InChI=1S/C25H36F2N2O2/c1-15-11-28(12-16(2)25(15,31)17-6-7-17)23(30)21-14-29(24(3,4)5)13-20(21)19-9-8-18(26)10-22(19)27/h8-10,15-17,20-21,31H,6-7,11-14H2,1-5H3/t15-,16+,20-,21+,25?/m0/s1. The number of likely N-dealkylation sites (tertiary alicyclic amines) is 2. The second kappa shape index (κ2) is 7.80. The van der Waals surface area contributed by atoms with E-state index in [1.54, 1.807) is 0 Å². The van der Waals surface area contributed by atoms with Gasteiger partial charge in [0.1, 0.15) is 11.6 Å². The number of hydrogen-bond acceptors (Lipinski definition) is 3. The Morgan fingerprint density at radius 1 is 1.06 bits per heavy atom. The van der Waals surface area contributed by atoms with Crippen LogP contribution < -0.4 is 0 Å². The first-order chi connectivity index (χ1) is 14.4. The van der Waals surface area contributed by atoms with Gasteiger partial charge in [-0.3, -0.25) is 9.69 Å². The Balaban J connectivity index is 1.60. The van der Waals surface area contributed by atoms with Crippen molar-refractivity contribution in [2.45, 2.75) is 64.5 Å². The van der Waals surface area contributed by atoms with Crippen LogP contribution in [0.4, 0.5) is 8.78 Å². The fourth-order valence-electron chi connectivity index (χ4n) is 6.00. The molecule has 0 aromatic heterocycles. The van der Waals surface area contributed by atoms with Crippen molar-refractivity contribution in [2.75, 3.05) is 26.2 Å². The highest BCUT2D eigenvalue weighted by molar-refractivity contribution is 5.81. The molecule has 2 aliphatic heterocycles. The molecule has 1 unspecified atom stereocenters. The zero-order chi connectivity index (χ0) is 22.7. The molecule has 5 atom stereocenters. The molecule has 1 aromatic carbocycles. The summed E-state index contributed by atoms with van der Waals surface area (Å²) in [6, 6.07) is 3.69. The minimum Gasteiger partial charge on any atom is -0.389 e. The zero-order valence-electron chi connectivity index (χ0n) is 19.4. The highest BCUT2D eigenvalue weighted by atomic mass is 19.1. The molecule has 1 aromatic rings. The smallest absolute Gasteiger partial charge is 0.227 e. The molecule has 2 heterocycles. The Bertz CT molecular complexity index is 836. The third-order valence-electron chi connectivity index (χ3n) is 8.06. The molecule has 0 bridgehead atoms. The van der Waals surface area contributed by atoms with Crippen molar-refractivity contribution >= 4 is 5.91 Å². The largest absolute Gasteiger partial charge is 0.389 e. The molecule has 3 aliphatic rings. The predicted octanol–water partition coefficient (Wildman–Crippen LogP) is 4.03. The molecule has 3 fully saturated rings. The zero-order valence-corrected chi connectivity index (χ0v) is 19.4. The summed E-state index contributed by atoms with van der Waals surface area (Å²) in [5.41, 5.74) is -0.440. The summed E-state index contributed by atoms with van der Waals surface area (Å²) >= 11 is 0. The monoisotopic (exact) mass is 434 g/mol. The second-order valence-corrected chi connectivity index (χ2v) is 11.2. The van der Waals surface area contributed by atoms with Crippen LogP contribution >= 0.6 is 0 Å². The highest BCUT2D eigenvalue weighted by Crippen LogP contribution is 2.50. The summed E-state index contributed by atoms with van der Waals surface area (Å²) in [5, 5.41) is 11.3. The molecule has 1 N–H and O–H groups in total. The van der Waals surface area contributed by atoms with Crippen LogP contribution in [0.15, 0.2) is 18.2 Å². The van der Waals surface area contributed by atoms with E-state index >= 15 is 0 Å². The highest BCUT2D eigenvalue weighted by Gasteiger charge is 2.55. The van der Waals surface area contributed by atoms with Crippen LogP contribution in [0.3, 0.4) is 0 Å². The lowest BCUT2D eigenvalue weighted by Crippen LogP contribution is -2.60. The number of carbonyl (C=O) groups excluding carboxylic acids is 1. The average Bonchev–Trinajstić information content (AvgIpc) is 3.43. The molecule has 4 nitrogen and oxygen atoms in total. The van der Waals surface area contributed by atoms with Crippen LogP contribution in [-0.2, 0) is 4.79 Å². The lowest BCUT2D eigenvalue weighted by atomic mass is 9.71. The van der Waals surface area contributed by atoms with Crippen molar-refractivity contribution < 1.29 is 18.7 Å². The van der Waals surface area contributed by atoms with Crippen molar-refractivity contribution in [3.63, 3.8) is 0 Å². The minimum absolute atomic E-state index is 0.00818. The number of amides is 1. The third kappa shape index (κ3) is 4.02. The summed E-state index contributed by atoms with van der Waals surface area (Å²) < 4.78 is 28.2. The van der Waals surface area contributed by atoms with E-state index in [9.17, 15) is 18.7 Å². The fraction of sp³-hybridized carbons (Fsp3) is 0.720. The maximum atomic E-state index is 14.7. The molecule has 4 rings (SSSR count). The summed E-state index contributed by atoms with van der Waals surface area (Å²) in [6.45, 7) is 12.5. The van der Waals surface area contributed by atoms with Crippen molar-refractivity contribution in [2.24, 2.45) is 23.7 Å². The van der Waals surface area contributed by atoms with Crippen molar-refractivity contribution in [3.8, 4) is 0 Å². The van der Waals surface area contributed by atoms with Crippen molar-refractivity contribution in [1.82, 2.24) is 9.80 Å². The summed E-state index contributed by atoms with van der Waals surface area (Å²) in [5.74, 6) is -1.50. The van der Waals surface area contributed by atoms with Gasteiger partial charge < -0.3 is 10.0 Å². The Hall–Kier alpha value is -1.53. The van der Waals surface area contributed by atoms with E-state index in [-0.39, 0.29) is 35.1 Å². The summed E-state index contributed by atoms with van der Waals surface area (Å²) in [7, 11) is 0. The Labute approximate surface area is 184 Å². The van der Waals surface area contributed by atoms with Gasteiger partial charge in [-0.15, -0.1) is 0 Å². The molecule has 31 heavy (non-hydrogen) atoms. The van der Waals surface area contributed by atoms with Gasteiger partial charge in [0.05, 0.1) is 11.5 Å². The van der Waals surface area contributed by atoms with Gasteiger partial charge >= 0.3 is 0 Å². The van der Waals surface area contributed by atoms with Gasteiger partial charge in [0.2, 0.25) is 5.91 Å². The molecule has 1 amide bonds. The number of piperidine rings is 1. The number of nitrogens with zero attached hydrogens (tertiary/aromatic N) is 2. The van der Waals surface area contributed by atoms with Crippen molar-refractivity contribution in [3.05, 3.63) is 35.4 Å². The van der Waals surface area contributed by atoms with E-state index in [0.717, 1.165) is 18.9 Å². The number of halogens is 2. The van der Waals surface area contributed by atoms with Gasteiger partial charge in [-0.25, -0.2) is 8.78 Å². The van der Waals surface area contributed by atoms with Crippen LogP contribution in [-0.4, -0.2) is 58.1 Å². The first-order valence-corrected chi connectivity index (χ1v) is 11.6. The Morgan fingerprint density at radius 2 is 1.68 bits per heavy atom. The van der Waals surface area contributed by atoms with Crippen LogP contribution in [0.2, 0.25) is 0 Å². The van der Waals surface area contributed by atoms with Gasteiger partial charge in [0.15, 0.2) is 0 Å². The van der Waals surface area contributed by atoms with E-state index in [1.807, 2.05) is 18.7 Å². The molecule has 0 spiro atoms. The van der Waals surface area contributed by atoms with Crippen molar-refractivity contribution in [1.29, 1.82) is 0 Å². The van der Waals surface area contributed by atoms with E-state index < -0.39 is 17.2 Å². The molecule has 1 aliphatic carbocycles. The maximum absolute atomic E-state index is 14.7.